The molecule has 9 heteroatoms. The molecule has 9 nitrogen and oxygen atoms in total. The normalized spacial score (nSPS) is 20.8. The van der Waals surface area contributed by atoms with Gasteiger partial charge < -0.3 is 15.0 Å². The zero-order valence-corrected chi connectivity index (χ0v) is 19.9. The largest absolute Gasteiger partial charge is 0.445 e. The van der Waals surface area contributed by atoms with Gasteiger partial charge in [0.15, 0.2) is 0 Å². The monoisotopic (exact) mass is 478 g/mol. The molecule has 0 bridgehead atoms. The van der Waals surface area contributed by atoms with Crippen molar-refractivity contribution in [1.29, 1.82) is 0 Å². The SMILES string of the molecule is C[C@@H]1C(=O)N2CCC[C@@H]2C(=O)N(C)N1C(=O)[C@H](Cc1ccccc1)NC(=O)OCc1ccccc1. The van der Waals surface area contributed by atoms with Gasteiger partial charge in [0.25, 0.3) is 11.8 Å². The summed E-state index contributed by atoms with van der Waals surface area (Å²) in [6, 6.07) is 15.9. The summed E-state index contributed by atoms with van der Waals surface area (Å²) in [4.78, 5) is 54.3. The topological polar surface area (TPSA) is 99.3 Å². The first kappa shape index (κ1) is 24.3. The number of ether oxygens (including phenoxy) is 1. The average Bonchev–Trinajstić information content (AvgIpc) is 3.35. The Hall–Kier alpha value is -3.88. The van der Waals surface area contributed by atoms with Crippen LogP contribution < -0.4 is 5.32 Å². The molecule has 2 saturated heterocycles. The van der Waals surface area contributed by atoms with Crippen molar-refractivity contribution in [2.45, 2.75) is 50.9 Å². The van der Waals surface area contributed by atoms with Crippen LogP contribution in [0.25, 0.3) is 0 Å². The Morgan fingerprint density at radius 1 is 1.00 bits per heavy atom. The van der Waals surface area contributed by atoms with Gasteiger partial charge in [-0.2, -0.15) is 0 Å². The third-order valence-corrected chi connectivity index (χ3v) is 6.50. The van der Waals surface area contributed by atoms with Crippen molar-refractivity contribution in [2.24, 2.45) is 0 Å². The minimum absolute atomic E-state index is 0.0482. The van der Waals surface area contributed by atoms with Gasteiger partial charge in [-0.3, -0.25) is 19.4 Å². The molecule has 2 aromatic carbocycles. The lowest BCUT2D eigenvalue weighted by molar-refractivity contribution is -0.166. The standard InChI is InChI=1S/C26H30N4O5/c1-18-23(31)29-15-9-14-22(29)25(33)28(2)30(18)24(32)21(16-19-10-5-3-6-11-19)27-26(34)35-17-20-12-7-4-8-13-20/h3-8,10-13,18,21-22H,9,14-17H2,1-2H3,(H,27,34)/t18-,21+,22-/m1/s1. The van der Waals surface area contributed by atoms with Gasteiger partial charge in [-0.1, -0.05) is 60.7 Å². The molecule has 184 valence electrons. The number of hydrazine groups is 1. The van der Waals surface area contributed by atoms with Crippen LogP contribution in [0.15, 0.2) is 60.7 Å². The first-order valence-electron chi connectivity index (χ1n) is 11.8. The zero-order chi connectivity index (χ0) is 24.9. The van der Waals surface area contributed by atoms with Crippen LogP contribution in [0.4, 0.5) is 4.79 Å². The van der Waals surface area contributed by atoms with Gasteiger partial charge in [-0.15, -0.1) is 0 Å². The lowest BCUT2D eigenvalue weighted by Gasteiger charge is -2.36. The van der Waals surface area contributed by atoms with Crippen molar-refractivity contribution in [3.8, 4) is 0 Å². The van der Waals surface area contributed by atoms with E-state index in [1.54, 1.807) is 11.8 Å². The Bertz CT molecular complexity index is 1050. The average molecular weight is 479 g/mol. The second kappa shape index (κ2) is 10.6. The van der Waals surface area contributed by atoms with Crippen LogP contribution >= 0.6 is 0 Å². The molecule has 0 aliphatic carbocycles. The molecule has 2 heterocycles. The van der Waals surface area contributed by atoms with Gasteiger partial charge in [0, 0.05) is 20.0 Å². The summed E-state index contributed by atoms with van der Waals surface area (Å²) in [6.45, 7) is 2.15. The first-order chi connectivity index (χ1) is 16.9. The van der Waals surface area contributed by atoms with E-state index in [2.05, 4.69) is 5.32 Å². The number of rotatable bonds is 6. The molecule has 0 unspecified atom stereocenters. The van der Waals surface area contributed by atoms with E-state index in [0.29, 0.717) is 13.0 Å². The highest BCUT2D eigenvalue weighted by atomic mass is 16.5. The van der Waals surface area contributed by atoms with Crippen LogP contribution in [0, 0.1) is 0 Å². The van der Waals surface area contributed by atoms with Gasteiger partial charge in [-0.25, -0.2) is 9.80 Å². The summed E-state index contributed by atoms with van der Waals surface area (Å²) >= 11 is 0. The van der Waals surface area contributed by atoms with Crippen molar-refractivity contribution < 1.29 is 23.9 Å². The smallest absolute Gasteiger partial charge is 0.408 e. The van der Waals surface area contributed by atoms with Crippen molar-refractivity contribution in [3.63, 3.8) is 0 Å². The summed E-state index contributed by atoms with van der Waals surface area (Å²) in [5.41, 5.74) is 1.63. The number of carbonyl (C=O) groups is 4. The van der Waals surface area contributed by atoms with E-state index in [0.717, 1.165) is 17.5 Å². The lowest BCUT2D eigenvalue weighted by Crippen LogP contribution is -2.59. The Kier molecular flexibility index (Phi) is 7.33. The van der Waals surface area contributed by atoms with Crippen molar-refractivity contribution in [2.75, 3.05) is 13.6 Å². The maximum absolute atomic E-state index is 13.8. The van der Waals surface area contributed by atoms with Gasteiger partial charge in [0.2, 0.25) is 5.91 Å². The molecular formula is C26H30N4O5. The molecule has 1 N–H and O–H groups in total. The summed E-state index contributed by atoms with van der Waals surface area (Å²) in [6.07, 6.45) is 0.738. The molecule has 0 saturated carbocycles. The third kappa shape index (κ3) is 5.29. The number of likely N-dealkylation sites (N-methyl/N-ethyl adjacent to an activating group) is 1. The maximum atomic E-state index is 13.8. The van der Waals surface area contributed by atoms with E-state index >= 15 is 0 Å². The molecule has 0 spiro atoms. The van der Waals surface area contributed by atoms with E-state index in [1.165, 1.54) is 17.1 Å². The maximum Gasteiger partial charge on any atom is 0.408 e. The Morgan fingerprint density at radius 3 is 2.29 bits per heavy atom. The number of alkyl carbamates (subject to hydrolysis) is 1. The second-order valence-electron chi connectivity index (χ2n) is 8.86. The summed E-state index contributed by atoms with van der Waals surface area (Å²) in [5.74, 6) is -1.13. The second-order valence-corrected chi connectivity index (χ2v) is 8.86. The predicted molar refractivity (Wildman–Crippen MR) is 128 cm³/mol. The molecule has 3 atom stereocenters. The number of fused-ring (bicyclic) bond motifs is 1. The number of amides is 4. The molecule has 2 aromatic rings. The Morgan fingerprint density at radius 2 is 1.63 bits per heavy atom. The Labute approximate surface area is 204 Å². The molecule has 4 amide bonds. The molecular weight excluding hydrogens is 448 g/mol. The summed E-state index contributed by atoms with van der Waals surface area (Å²) < 4.78 is 5.34. The highest BCUT2D eigenvalue weighted by Crippen LogP contribution is 2.26. The van der Waals surface area contributed by atoms with Crippen LogP contribution in [0.1, 0.15) is 30.9 Å². The molecule has 4 rings (SSSR count). The highest BCUT2D eigenvalue weighted by Gasteiger charge is 2.47. The molecule has 2 fully saturated rings. The predicted octanol–water partition coefficient (Wildman–Crippen LogP) is 2.12. The molecule has 2 aliphatic heterocycles. The van der Waals surface area contributed by atoms with E-state index < -0.39 is 30.1 Å². The van der Waals surface area contributed by atoms with Crippen LogP contribution in [-0.4, -0.2) is 70.5 Å². The number of benzene rings is 2. The van der Waals surface area contributed by atoms with Crippen LogP contribution in [0.5, 0.6) is 0 Å². The minimum Gasteiger partial charge on any atom is -0.445 e. The van der Waals surface area contributed by atoms with Crippen molar-refractivity contribution in [1.82, 2.24) is 20.2 Å². The Balaban J connectivity index is 1.55. The van der Waals surface area contributed by atoms with Gasteiger partial charge in [0.1, 0.15) is 24.7 Å². The van der Waals surface area contributed by atoms with Crippen LogP contribution in [-0.2, 0) is 32.1 Å². The van der Waals surface area contributed by atoms with Crippen molar-refractivity contribution >= 4 is 23.8 Å². The first-order valence-corrected chi connectivity index (χ1v) is 11.8. The zero-order valence-electron chi connectivity index (χ0n) is 19.9. The summed E-state index contributed by atoms with van der Waals surface area (Å²) in [5, 5.41) is 5.07. The molecule has 35 heavy (non-hydrogen) atoms. The minimum atomic E-state index is -1.04. The number of nitrogens with zero attached hydrogens (tertiary/aromatic N) is 3. The number of nitrogens with one attached hydrogen (secondary N) is 1. The fourth-order valence-corrected chi connectivity index (χ4v) is 4.67. The summed E-state index contributed by atoms with van der Waals surface area (Å²) in [7, 11) is 1.50. The quantitative estimate of drug-likeness (QED) is 0.686. The van der Waals surface area contributed by atoms with E-state index in [1.807, 2.05) is 60.7 Å². The number of hydrogen-bond acceptors (Lipinski definition) is 5. The molecule has 0 aromatic heterocycles. The van der Waals surface area contributed by atoms with Crippen LogP contribution in [0.3, 0.4) is 0 Å². The number of hydrogen-bond donors (Lipinski definition) is 1. The van der Waals surface area contributed by atoms with Gasteiger partial charge in [0.05, 0.1) is 0 Å². The highest BCUT2D eigenvalue weighted by molar-refractivity contribution is 5.97. The van der Waals surface area contributed by atoms with Gasteiger partial charge in [-0.05, 0) is 30.9 Å². The lowest BCUT2D eigenvalue weighted by atomic mass is 10.0. The van der Waals surface area contributed by atoms with E-state index in [-0.39, 0.29) is 24.8 Å². The molecule has 0 radical (unpaired) electrons. The van der Waals surface area contributed by atoms with Gasteiger partial charge >= 0.3 is 6.09 Å². The van der Waals surface area contributed by atoms with E-state index in [9.17, 15) is 19.2 Å². The van der Waals surface area contributed by atoms with E-state index in [4.69, 9.17) is 4.74 Å². The number of carbonyl (C=O) groups excluding carboxylic acids is 4. The molecule has 2 aliphatic rings. The fourth-order valence-electron chi connectivity index (χ4n) is 4.67. The van der Waals surface area contributed by atoms with Crippen molar-refractivity contribution in [3.05, 3.63) is 71.8 Å². The fraction of sp³-hybridized carbons (Fsp3) is 0.385. The third-order valence-electron chi connectivity index (χ3n) is 6.50. The van der Waals surface area contributed by atoms with Crippen LogP contribution in [0.2, 0.25) is 0 Å².